The van der Waals surface area contributed by atoms with Crippen LogP contribution in [0.25, 0.3) is 0 Å². The van der Waals surface area contributed by atoms with Crippen molar-refractivity contribution in [2.24, 2.45) is 13.0 Å². The third-order valence-electron chi connectivity index (χ3n) is 4.50. The van der Waals surface area contributed by atoms with E-state index < -0.39 is 0 Å². The second-order valence-electron chi connectivity index (χ2n) is 6.21. The van der Waals surface area contributed by atoms with Gasteiger partial charge in [0, 0.05) is 57.3 Å². The summed E-state index contributed by atoms with van der Waals surface area (Å²) in [7, 11) is 2.02. The minimum atomic E-state index is 0.230. The summed E-state index contributed by atoms with van der Waals surface area (Å²) in [5.41, 5.74) is 0.926. The van der Waals surface area contributed by atoms with Crippen LogP contribution in [0.1, 0.15) is 30.8 Å². The molecule has 0 radical (unpaired) electrons. The number of hydrogen-bond donors (Lipinski definition) is 0. The van der Waals surface area contributed by atoms with Gasteiger partial charge in [0.05, 0.1) is 0 Å². The first-order chi connectivity index (χ1) is 11.2. The Morgan fingerprint density at radius 3 is 3.00 bits per heavy atom. The number of aryl methyl sites for hydroxylation is 2. The van der Waals surface area contributed by atoms with E-state index >= 15 is 0 Å². The first kappa shape index (κ1) is 15.6. The highest BCUT2D eigenvalue weighted by Crippen LogP contribution is 2.21. The molecule has 0 saturated carbocycles. The molecule has 0 aromatic carbocycles. The quantitative estimate of drug-likeness (QED) is 0.841. The number of piperidine rings is 1. The van der Waals surface area contributed by atoms with Gasteiger partial charge in [0.2, 0.25) is 5.91 Å². The normalized spacial score (nSPS) is 18.1. The van der Waals surface area contributed by atoms with Crippen molar-refractivity contribution in [1.82, 2.24) is 24.4 Å². The average Bonchev–Trinajstić information content (AvgIpc) is 2.99. The van der Waals surface area contributed by atoms with Crippen molar-refractivity contribution >= 4 is 5.91 Å². The van der Waals surface area contributed by atoms with Crippen LogP contribution in [0.2, 0.25) is 0 Å². The van der Waals surface area contributed by atoms with Gasteiger partial charge in [-0.2, -0.15) is 0 Å². The molecule has 23 heavy (non-hydrogen) atoms. The van der Waals surface area contributed by atoms with Crippen LogP contribution >= 0.6 is 0 Å². The summed E-state index contributed by atoms with van der Waals surface area (Å²) in [4.78, 5) is 26.9. The Kier molecular flexibility index (Phi) is 5.00. The lowest BCUT2D eigenvalue weighted by atomic mass is 9.94. The molecule has 122 valence electrons. The van der Waals surface area contributed by atoms with Gasteiger partial charge in [0.15, 0.2) is 0 Å². The van der Waals surface area contributed by atoms with Gasteiger partial charge in [-0.05, 0) is 31.2 Å². The molecule has 0 N–H and O–H groups in total. The Bertz CT molecular complexity index is 639. The number of aromatic nitrogens is 4. The monoisotopic (exact) mass is 313 g/mol. The van der Waals surface area contributed by atoms with E-state index in [2.05, 4.69) is 19.5 Å². The van der Waals surface area contributed by atoms with Crippen LogP contribution in [-0.2, 0) is 24.7 Å². The average molecular weight is 313 g/mol. The van der Waals surface area contributed by atoms with Crippen LogP contribution in [0, 0.1) is 5.92 Å². The minimum Gasteiger partial charge on any atom is -0.342 e. The van der Waals surface area contributed by atoms with Gasteiger partial charge < -0.3 is 9.47 Å². The molecule has 3 heterocycles. The molecular formula is C17H23N5O. The summed E-state index contributed by atoms with van der Waals surface area (Å²) in [5.74, 6) is 1.84. The molecule has 2 aromatic rings. The summed E-state index contributed by atoms with van der Waals surface area (Å²) in [6.45, 7) is 1.72. The van der Waals surface area contributed by atoms with E-state index in [0.717, 1.165) is 37.4 Å². The van der Waals surface area contributed by atoms with Crippen molar-refractivity contribution in [3.63, 3.8) is 0 Å². The van der Waals surface area contributed by atoms with Crippen molar-refractivity contribution in [3.8, 4) is 0 Å². The minimum absolute atomic E-state index is 0.230. The number of carbonyl (C=O) groups excluding carboxylic acids is 1. The second-order valence-corrected chi connectivity index (χ2v) is 6.21. The fourth-order valence-corrected chi connectivity index (χ4v) is 3.17. The molecule has 1 amide bonds. The van der Waals surface area contributed by atoms with Crippen molar-refractivity contribution in [3.05, 3.63) is 42.5 Å². The molecule has 6 heteroatoms. The molecule has 0 spiro atoms. The maximum absolute atomic E-state index is 12.4. The summed E-state index contributed by atoms with van der Waals surface area (Å²) < 4.78 is 2.07. The third-order valence-corrected chi connectivity index (χ3v) is 4.50. The van der Waals surface area contributed by atoms with E-state index in [0.29, 0.717) is 18.8 Å². The number of rotatable bonds is 5. The van der Waals surface area contributed by atoms with E-state index in [4.69, 9.17) is 0 Å². The highest BCUT2D eigenvalue weighted by Gasteiger charge is 2.24. The predicted octanol–water partition coefficient (Wildman–Crippen LogP) is 1.62. The Morgan fingerprint density at radius 2 is 2.26 bits per heavy atom. The van der Waals surface area contributed by atoms with Gasteiger partial charge in [0.25, 0.3) is 0 Å². The molecule has 0 bridgehead atoms. The van der Waals surface area contributed by atoms with Gasteiger partial charge in [-0.25, -0.2) is 15.0 Å². The number of imidazole rings is 1. The fourth-order valence-electron chi connectivity index (χ4n) is 3.17. The standard InChI is InChI=1S/C17H23N5O/c1-21-10-8-19-16(21)11-14-3-2-9-22(12-14)17(23)5-4-15-6-7-18-13-20-15/h6-8,10,13-14H,2-5,9,11-12H2,1H3. The maximum atomic E-state index is 12.4. The molecule has 3 rings (SSSR count). The second kappa shape index (κ2) is 7.35. The molecule has 6 nitrogen and oxygen atoms in total. The third kappa shape index (κ3) is 4.15. The van der Waals surface area contributed by atoms with Crippen molar-refractivity contribution in [1.29, 1.82) is 0 Å². The van der Waals surface area contributed by atoms with Crippen molar-refractivity contribution in [2.75, 3.05) is 13.1 Å². The number of carbonyl (C=O) groups is 1. The molecule has 1 fully saturated rings. The van der Waals surface area contributed by atoms with Gasteiger partial charge >= 0.3 is 0 Å². The highest BCUT2D eigenvalue weighted by molar-refractivity contribution is 5.76. The van der Waals surface area contributed by atoms with Crippen LogP contribution < -0.4 is 0 Å². The molecule has 1 unspecified atom stereocenters. The van der Waals surface area contributed by atoms with Gasteiger partial charge in [-0.15, -0.1) is 0 Å². The molecule has 1 aliphatic rings. The van der Waals surface area contributed by atoms with E-state index in [1.807, 2.05) is 30.4 Å². The van der Waals surface area contributed by atoms with Crippen molar-refractivity contribution in [2.45, 2.75) is 32.1 Å². The van der Waals surface area contributed by atoms with Crippen LogP contribution in [0.5, 0.6) is 0 Å². The van der Waals surface area contributed by atoms with E-state index in [-0.39, 0.29) is 5.91 Å². The van der Waals surface area contributed by atoms with Crippen molar-refractivity contribution < 1.29 is 4.79 Å². The van der Waals surface area contributed by atoms with Crippen LogP contribution in [-0.4, -0.2) is 43.4 Å². The number of amides is 1. The first-order valence-electron chi connectivity index (χ1n) is 8.21. The van der Waals surface area contributed by atoms with Crippen LogP contribution in [0.15, 0.2) is 31.0 Å². The highest BCUT2D eigenvalue weighted by atomic mass is 16.2. The Balaban J connectivity index is 1.51. The predicted molar refractivity (Wildman–Crippen MR) is 86.6 cm³/mol. The Hall–Kier alpha value is -2.24. The lowest BCUT2D eigenvalue weighted by Gasteiger charge is -2.32. The molecule has 1 aliphatic heterocycles. The Labute approximate surface area is 136 Å². The summed E-state index contributed by atoms with van der Waals surface area (Å²) in [6, 6.07) is 1.87. The van der Waals surface area contributed by atoms with E-state index in [1.165, 1.54) is 12.7 Å². The molecule has 1 atom stereocenters. The number of likely N-dealkylation sites (tertiary alicyclic amines) is 1. The summed E-state index contributed by atoms with van der Waals surface area (Å²) in [6.07, 6.45) is 11.5. The maximum Gasteiger partial charge on any atom is 0.222 e. The SMILES string of the molecule is Cn1ccnc1CC1CCCN(C(=O)CCc2ccncn2)C1. The zero-order valence-corrected chi connectivity index (χ0v) is 13.6. The number of nitrogens with zero attached hydrogens (tertiary/aromatic N) is 5. The van der Waals surface area contributed by atoms with E-state index in [9.17, 15) is 4.79 Å². The lowest BCUT2D eigenvalue weighted by Crippen LogP contribution is -2.40. The van der Waals surface area contributed by atoms with Crippen LogP contribution in [0.4, 0.5) is 0 Å². The van der Waals surface area contributed by atoms with E-state index in [1.54, 1.807) is 6.20 Å². The molecule has 2 aromatic heterocycles. The largest absolute Gasteiger partial charge is 0.342 e. The molecular weight excluding hydrogens is 290 g/mol. The fraction of sp³-hybridized carbons (Fsp3) is 0.529. The van der Waals surface area contributed by atoms with Crippen LogP contribution in [0.3, 0.4) is 0 Å². The topological polar surface area (TPSA) is 63.9 Å². The summed E-state index contributed by atoms with van der Waals surface area (Å²) >= 11 is 0. The van der Waals surface area contributed by atoms with Gasteiger partial charge in [-0.3, -0.25) is 4.79 Å². The molecule has 0 aliphatic carbocycles. The Morgan fingerprint density at radius 1 is 1.35 bits per heavy atom. The smallest absolute Gasteiger partial charge is 0.222 e. The molecule has 1 saturated heterocycles. The zero-order chi connectivity index (χ0) is 16.1. The van der Waals surface area contributed by atoms with Gasteiger partial charge in [-0.1, -0.05) is 0 Å². The summed E-state index contributed by atoms with van der Waals surface area (Å²) in [5, 5.41) is 0. The zero-order valence-electron chi connectivity index (χ0n) is 13.6. The first-order valence-corrected chi connectivity index (χ1v) is 8.21. The van der Waals surface area contributed by atoms with Gasteiger partial charge in [0.1, 0.15) is 12.2 Å². The number of hydrogen-bond acceptors (Lipinski definition) is 4. The lowest BCUT2D eigenvalue weighted by molar-refractivity contribution is -0.133.